The quantitative estimate of drug-likeness (QED) is 0.768. The Balaban J connectivity index is 1.46. The molecule has 2 fully saturated rings. The van der Waals surface area contributed by atoms with E-state index in [-0.39, 0.29) is 24.0 Å². The number of aliphatic hydroxyl groups excluding tert-OH is 1. The number of carbonyl (C=O) groups excluding carboxylic acids is 1. The van der Waals surface area contributed by atoms with Crippen LogP contribution in [0.5, 0.6) is 0 Å². The first-order valence-corrected chi connectivity index (χ1v) is 7.80. The summed E-state index contributed by atoms with van der Waals surface area (Å²) >= 11 is 0. The smallest absolute Gasteiger partial charge is 0.335 e. The zero-order valence-corrected chi connectivity index (χ0v) is 12.4. The van der Waals surface area contributed by atoms with Gasteiger partial charge < -0.3 is 15.5 Å². The predicted octanol–water partition coefficient (Wildman–Crippen LogP) is 1.45. The molecule has 0 unspecified atom stereocenters. The molecule has 0 spiro atoms. The van der Waals surface area contributed by atoms with Crippen molar-refractivity contribution in [1.29, 1.82) is 0 Å². The van der Waals surface area contributed by atoms with Crippen LogP contribution in [0.15, 0.2) is 24.3 Å². The van der Waals surface area contributed by atoms with Gasteiger partial charge in [0.2, 0.25) is 5.91 Å². The van der Waals surface area contributed by atoms with Crippen molar-refractivity contribution >= 4 is 11.9 Å². The van der Waals surface area contributed by atoms with Gasteiger partial charge in [-0.05, 0) is 54.7 Å². The second kappa shape index (κ2) is 6.08. The molecule has 118 valence electrons. The van der Waals surface area contributed by atoms with Gasteiger partial charge in [-0.25, -0.2) is 4.79 Å². The molecule has 0 heterocycles. The van der Waals surface area contributed by atoms with E-state index in [4.69, 9.17) is 5.11 Å². The monoisotopic (exact) mass is 303 g/mol. The number of aromatic carboxylic acids is 1. The zero-order chi connectivity index (χ0) is 15.7. The normalized spacial score (nSPS) is 29.5. The average molecular weight is 303 g/mol. The van der Waals surface area contributed by atoms with Crippen LogP contribution in [0.25, 0.3) is 0 Å². The summed E-state index contributed by atoms with van der Waals surface area (Å²) in [5, 5.41) is 21.6. The van der Waals surface area contributed by atoms with Crippen LogP contribution in [-0.2, 0) is 11.2 Å². The van der Waals surface area contributed by atoms with Crippen molar-refractivity contribution in [3.8, 4) is 0 Å². The van der Waals surface area contributed by atoms with Crippen molar-refractivity contribution in [2.75, 3.05) is 6.54 Å². The third-order valence-corrected chi connectivity index (χ3v) is 5.09. The van der Waals surface area contributed by atoms with Gasteiger partial charge >= 0.3 is 5.97 Å². The maximum atomic E-state index is 12.0. The van der Waals surface area contributed by atoms with E-state index < -0.39 is 5.97 Å². The molecule has 3 rings (SSSR count). The number of hydrogen-bond acceptors (Lipinski definition) is 3. The lowest BCUT2D eigenvalue weighted by molar-refractivity contribution is -0.120. The molecule has 1 amide bonds. The van der Waals surface area contributed by atoms with Crippen LogP contribution >= 0.6 is 0 Å². The molecule has 2 bridgehead atoms. The highest BCUT2D eigenvalue weighted by Crippen LogP contribution is 2.48. The predicted molar refractivity (Wildman–Crippen MR) is 80.4 cm³/mol. The minimum atomic E-state index is -0.963. The number of carbonyl (C=O) groups is 2. The molecule has 0 radical (unpaired) electrons. The highest BCUT2D eigenvalue weighted by Gasteiger charge is 2.44. The Morgan fingerprint density at radius 2 is 1.82 bits per heavy atom. The van der Waals surface area contributed by atoms with E-state index in [0.717, 1.165) is 24.8 Å². The summed E-state index contributed by atoms with van der Waals surface area (Å²) < 4.78 is 0. The van der Waals surface area contributed by atoms with Crippen LogP contribution in [-0.4, -0.2) is 34.7 Å². The van der Waals surface area contributed by atoms with Crippen molar-refractivity contribution in [3.05, 3.63) is 35.4 Å². The fourth-order valence-corrected chi connectivity index (χ4v) is 3.87. The Bertz CT molecular complexity index is 567. The molecule has 2 aliphatic rings. The number of nitrogens with one attached hydrogen (secondary N) is 1. The molecule has 1 aromatic rings. The van der Waals surface area contributed by atoms with Crippen LogP contribution in [0.3, 0.4) is 0 Å². The number of benzene rings is 1. The summed E-state index contributed by atoms with van der Waals surface area (Å²) in [5.74, 6) is 0.471. The van der Waals surface area contributed by atoms with Crippen LogP contribution < -0.4 is 5.32 Å². The van der Waals surface area contributed by atoms with Crippen LogP contribution in [0.1, 0.15) is 35.2 Å². The second-order valence-corrected chi connectivity index (χ2v) is 6.54. The zero-order valence-electron chi connectivity index (χ0n) is 12.4. The molecule has 0 saturated heterocycles. The number of carboxylic acid groups (broad SMARTS) is 1. The van der Waals surface area contributed by atoms with Crippen LogP contribution in [0, 0.1) is 17.8 Å². The maximum Gasteiger partial charge on any atom is 0.335 e. The Labute approximate surface area is 129 Å². The van der Waals surface area contributed by atoms with Gasteiger partial charge in [-0.2, -0.15) is 0 Å². The molecule has 2 saturated carbocycles. The summed E-state index contributed by atoms with van der Waals surface area (Å²) in [6.45, 7) is 0.680. The van der Waals surface area contributed by atoms with E-state index in [2.05, 4.69) is 5.32 Å². The highest BCUT2D eigenvalue weighted by molar-refractivity contribution is 5.87. The summed E-state index contributed by atoms with van der Waals surface area (Å²) in [7, 11) is 0. The third kappa shape index (κ3) is 3.14. The van der Waals surface area contributed by atoms with Crippen molar-refractivity contribution in [3.63, 3.8) is 0 Å². The van der Waals surface area contributed by atoms with Gasteiger partial charge in [0.05, 0.1) is 18.1 Å². The summed E-state index contributed by atoms with van der Waals surface area (Å²) in [6, 6.07) is 6.39. The summed E-state index contributed by atoms with van der Waals surface area (Å²) in [4.78, 5) is 22.8. The SMILES string of the molecule is O=C(Cc1ccc(C(=O)O)cc1)NC[C@@H]1C[C@H]2C[C@@H]1C[C@H]2O. The topological polar surface area (TPSA) is 86.6 Å². The van der Waals surface area contributed by atoms with E-state index in [1.165, 1.54) is 12.1 Å². The summed E-state index contributed by atoms with van der Waals surface area (Å²) in [5.41, 5.74) is 1.04. The lowest BCUT2D eigenvalue weighted by Crippen LogP contribution is -2.34. The van der Waals surface area contributed by atoms with E-state index in [1.54, 1.807) is 12.1 Å². The van der Waals surface area contributed by atoms with Crippen molar-refractivity contribution in [2.24, 2.45) is 17.8 Å². The van der Waals surface area contributed by atoms with E-state index >= 15 is 0 Å². The standard InChI is InChI=1S/C17H21NO4/c19-15-8-12-6-13(15)7-14(12)9-18-16(20)5-10-1-3-11(4-2-10)17(21)22/h1-4,12-15,19H,5-9H2,(H,18,20)(H,21,22)/t12-,13-,14+,15-/m1/s1. The molecule has 0 aliphatic heterocycles. The number of carboxylic acids is 1. The maximum absolute atomic E-state index is 12.0. The van der Waals surface area contributed by atoms with Gasteiger partial charge in [0.1, 0.15) is 0 Å². The fourth-order valence-electron chi connectivity index (χ4n) is 3.87. The Hall–Kier alpha value is -1.88. The van der Waals surface area contributed by atoms with Crippen LogP contribution in [0.2, 0.25) is 0 Å². The van der Waals surface area contributed by atoms with Gasteiger partial charge in [0.25, 0.3) is 0 Å². The lowest BCUT2D eigenvalue weighted by Gasteiger charge is -2.25. The van der Waals surface area contributed by atoms with Gasteiger partial charge in [-0.15, -0.1) is 0 Å². The molecule has 4 atom stereocenters. The number of aliphatic hydroxyl groups is 1. The van der Waals surface area contributed by atoms with E-state index in [1.807, 2.05) is 0 Å². The fraction of sp³-hybridized carbons (Fsp3) is 0.529. The van der Waals surface area contributed by atoms with Crippen molar-refractivity contribution < 1.29 is 19.8 Å². The molecule has 5 heteroatoms. The second-order valence-electron chi connectivity index (χ2n) is 6.54. The molecule has 3 N–H and O–H groups in total. The number of rotatable bonds is 5. The average Bonchev–Trinajstić information content (AvgIpc) is 3.04. The Morgan fingerprint density at radius 3 is 2.36 bits per heavy atom. The minimum Gasteiger partial charge on any atom is -0.478 e. The first kappa shape index (κ1) is 15.0. The first-order chi connectivity index (χ1) is 10.5. The highest BCUT2D eigenvalue weighted by atomic mass is 16.4. The van der Waals surface area contributed by atoms with Crippen LogP contribution in [0.4, 0.5) is 0 Å². The first-order valence-electron chi connectivity index (χ1n) is 7.80. The molecule has 1 aromatic carbocycles. The molecule has 2 aliphatic carbocycles. The largest absolute Gasteiger partial charge is 0.478 e. The van der Waals surface area contributed by atoms with Gasteiger partial charge in [0.15, 0.2) is 0 Å². The molecular weight excluding hydrogens is 282 g/mol. The Kier molecular flexibility index (Phi) is 4.16. The van der Waals surface area contributed by atoms with Crippen molar-refractivity contribution in [2.45, 2.75) is 31.8 Å². The number of hydrogen-bond donors (Lipinski definition) is 3. The van der Waals surface area contributed by atoms with Gasteiger partial charge in [-0.3, -0.25) is 4.79 Å². The molecule has 22 heavy (non-hydrogen) atoms. The third-order valence-electron chi connectivity index (χ3n) is 5.09. The lowest BCUT2D eigenvalue weighted by atomic mass is 9.87. The van der Waals surface area contributed by atoms with Gasteiger partial charge in [-0.1, -0.05) is 12.1 Å². The van der Waals surface area contributed by atoms with Gasteiger partial charge in [0, 0.05) is 6.54 Å². The molecule has 5 nitrogen and oxygen atoms in total. The number of amides is 1. The molecule has 0 aromatic heterocycles. The molecular formula is C17H21NO4. The Morgan fingerprint density at radius 1 is 1.09 bits per heavy atom. The minimum absolute atomic E-state index is 0.0357. The van der Waals surface area contributed by atoms with Crippen molar-refractivity contribution in [1.82, 2.24) is 5.32 Å². The summed E-state index contributed by atoms with van der Waals surface area (Å²) in [6.07, 6.45) is 3.12. The number of fused-ring (bicyclic) bond motifs is 2. The van der Waals surface area contributed by atoms with E-state index in [0.29, 0.717) is 24.3 Å². The van der Waals surface area contributed by atoms with E-state index in [9.17, 15) is 14.7 Å².